The Hall–Kier alpha value is 2.17. The Bertz CT molecular complexity index is 276. The Morgan fingerprint density at radius 1 is 0.292 bits per heavy atom. The predicted octanol–water partition coefficient (Wildman–Crippen LogP) is 8.39. The van der Waals surface area contributed by atoms with E-state index in [2.05, 4.69) is 46.0 Å². The molecule has 0 unspecified atom stereocenters. The van der Waals surface area contributed by atoms with Crippen molar-refractivity contribution in [3.05, 3.63) is 0 Å². The fourth-order valence-electron chi connectivity index (χ4n) is 4.68. The van der Waals surface area contributed by atoms with Crippen molar-refractivity contribution in [1.29, 1.82) is 0 Å². The molecule has 0 aromatic carbocycles. The summed E-state index contributed by atoms with van der Waals surface area (Å²) in [6.45, 7) is 0. The zero-order chi connectivity index (χ0) is 18.5. The number of hydrogen-bond acceptors (Lipinski definition) is 0. The van der Waals surface area contributed by atoms with Gasteiger partial charge >= 0.3 is 167 Å². The van der Waals surface area contributed by atoms with Crippen molar-refractivity contribution >= 4 is 53.1 Å². The molecule has 0 saturated carbocycles. The summed E-state index contributed by atoms with van der Waals surface area (Å²) < 4.78 is 0. The molecule has 1 heterocycles. The maximum atomic E-state index is 2.74. The second-order valence-electron chi connectivity index (χ2n) is 12.1. The van der Waals surface area contributed by atoms with E-state index >= 15 is 0 Å². The van der Waals surface area contributed by atoms with Crippen molar-refractivity contribution in [2.45, 2.75) is 114 Å². The van der Waals surface area contributed by atoms with E-state index in [-0.39, 0.29) is 0 Å². The van der Waals surface area contributed by atoms with Crippen LogP contribution < -0.4 is 0 Å². The molecular formula is C20H48Ge4. The predicted molar refractivity (Wildman–Crippen MR) is 127 cm³/mol. The molecule has 0 N–H and O–H groups in total. The second-order valence-corrected chi connectivity index (χ2v) is 56.8. The Morgan fingerprint density at radius 2 is 0.417 bits per heavy atom. The van der Waals surface area contributed by atoms with Crippen molar-refractivity contribution in [2.24, 2.45) is 0 Å². The van der Waals surface area contributed by atoms with Crippen LogP contribution in [0.15, 0.2) is 0 Å². The minimum absolute atomic E-state index is 1.42. The molecule has 0 aliphatic carbocycles. The van der Waals surface area contributed by atoms with E-state index < -0.39 is 53.1 Å². The summed E-state index contributed by atoms with van der Waals surface area (Å²) in [5.41, 5.74) is 0. The topological polar surface area (TPSA) is 0 Å². The molecule has 0 aromatic heterocycles. The average molecular weight is 579 g/mol. The fraction of sp³-hybridized carbons (Fsp3) is 1.00. The Labute approximate surface area is 165 Å². The third-order valence-corrected chi connectivity index (χ3v) is 35.5. The van der Waals surface area contributed by atoms with Gasteiger partial charge in [0.1, 0.15) is 0 Å². The summed E-state index contributed by atoms with van der Waals surface area (Å²) in [5.74, 6) is 21.9. The quantitative estimate of drug-likeness (QED) is 0.253. The monoisotopic (exact) mass is 584 g/mol. The summed E-state index contributed by atoms with van der Waals surface area (Å²) in [4.78, 5) is 0. The van der Waals surface area contributed by atoms with Crippen LogP contribution in [0.4, 0.5) is 0 Å². The zero-order valence-corrected chi connectivity index (χ0v) is 26.9. The zero-order valence-electron chi connectivity index (χ0n) is 18.5. The van der Waals surface area contributed by atoms with E-state index in [1.54, 1.807) is 67.7 Å². The molecule has 0 radical (unpaired) electrons. The van der Waals surface area contributed by atoms with Crippen LogP contribution in [0.3, 0.4) is 0 Å². The first-order valence-corrected chi connectivity index (χ1v) is 39.5. The van der Waals surface area contributed by atoms with Crippen LogP contribution in [0.1, 0.15) is 25.7 Å². The molecule has 24 heavy (non-hydrogen) atoms. The van der Waals surface area contributed by atoms with Gasteiger partial charge in [0.25, 0.3) is 0 Å². The van der Waals surface area contributed by atoms with Crippen molar-refractivity contribution in [2.75, 3.05) is 0 Å². The van der Waals surface area contributed by atoms with E-state index in [4.69, 9.17) is 0 Å². The van der Waals surface area contributed by atoms with Crippen LogP contribution in [0, 0.1) is 0 Å². The van der Waals surface area contributed by atoms with E-state index in [9.17, 15) is 0 Å². The van der Waals surface area contributed by atoms with Crippen LogP contribution in [0.2, 0.25) is 88.1 Å². The SMILES string of the molecule is [CH3][Ge]1([CH3])[CH2]C[CH2][Ge]([CH3])([CH3])[CH2]C[CH2][Ge]([CH3])([CH3])[CH2]C[CH2][Ge]([CH3])([CH3])[CH2]C[CH2]1. The molecule has 1 fully saturated rings. The van der Waals surface area contributed by atoms with Gasteiger partial charge in [0.2, 0.25) is 0 Å². The molecule has 0 nitrogen and oxygen atoms in total. The first-order chi connectivity index (χ1) is 10.8. The van der Waals surface area contributed by atoms with Crippen molar-refractivity contribution < 1.29 is 0 Å². The minimum atomic E-state index is -1.42. The molecule has 0 amide bonds. The first kappa shape index (κ1) is 24.2. The van der Waals surface area contributed by atoms with Crippen molar-refractivity contribution in [1.82, 2.24) is 0 Å². The van der Waals surface area contributed by atoms with Crippen LogP contribution in [-0.2, 0) is 0 Å². The molecule has 0 spiro atoms. The summed E-state index contributed by atoms with van der Waals surface area (Å²) in [6.07, 6.45) is 6.43. The summed E-state index contributed by atoms with van der Waals surface area (Å²) in [5, 5.41) is 13.4. The molecule has 4 heteroatoms. The van der Waals surface area contributed by atoms with Crippen LogP contribution in [0.5, 0.6) is 0 Å². The Balaban J connectivity index is 2.68. The normalized spacial score (nSPS) is 29.0. The van der Waals surface area contributed by atoms with E-state index in [0.717, 1.165) is 0 Å². The molecule has 0 bridgehead atoms. The van der Waals surface area contributed by atoms with Gasteiger partial charge in [0, 0.05) is 0 Å². The molecule has 1 aliphatic rings. The molecule has 1 rings (SSSR count). The van der Waals surface area contributed by atoms with Gasteiger partial charge in [0.15, 0.2) is 0 Å². The van der Waals surface area contributed by atoms with Crippen LogP contribution >= 0.6 is 0 Å². The maximum absolute atomic E-state index is 2.74. The summed E-state index contributed by atoms with van der Waals surface area (Å²) in [6, 6.07) is 0. The fourth-order valence-corrected chi connectivity index (χ4v) is 32.0. The van der Waals surface area contributed by atoms with Crippen LogP contribution in [-0.4, -0.2) is 53.1 Å². The van der Waals surface area contributed by atoms with Crippen LogP contribution in [0.25, 0.3) is 0 Å². The molecule has 1 saturated heterocycles. The van der Waals surface area contributed by atoms with Gasteiger partial charge < -0.3 is 0 Å². The number of rotatable bonds is 0. The second kappa shape index (κ2) is 10.1. The molecule has 0 aromatic rings. The van der Waals surface area contributed by atoms with E-state index in [1.807, 2.05) is 0 Å². The molecule has 0 atom stereocenters. The van der Waals surface area contributed by atoms with Gasteiger partial charge in [0.05, 0.1) is 0 Å². The van der Waals surface area contributed by atoms with Crippen molar-refractivity contribution in [3.8, 4) is 0 Å². The van der Waals surface area contributed by atoms with E-state index in [1.165, 1.54) is 0 Å². The average Bonchev–Trinajstić information content (AvgIpc) is 2.35. The van der Waals surface area contributed by atoms with Gasteiger partial charge in [-0.1, -0.05) is 0 Å². The standard InChI is InChI=1S/C20H48Ge4/c1-21(2)13-9-15-22(3,4)17-11-19-24(7,8)20-12-18-23(5,6)16-10-14-21/h9-20H2,1-8H3. The Kier molecular flexibility index (Phi) is 10.2. The third-order valence-electron chi connectivity index (χ3n) is 6.83. The molecule has 144 valence electrons. The Morgan fingerprint density at radius 3 is 0.542 bits per heavy atom. The molecular weight excluding hydrogens is 531 g/mol. The summed E-state index contributed by atoms with van der Waals surface area (Å²) >= 11 is -5.69. The van der Waals surface area contributed by atoms with Gasteiger partial charge in [-0.15, -0.1) is 0 Å². The van der Waals surface area contributed by atoms with E-state index in [0.29, 0.717) is 0 Å². The van der Waals surface area contributed by atoms with Gasteiger partial charge in [-0.3, -0.25) is 0 Å². The summed E-state index contributed by atoms with van der Waals surface area (Å²) in [7, 11) is 0. The first-order valence-electron chi connectivity index (χ1n) is 10.8. The third kappa shape index (κ3) is 11.1. The number of hydrogen-bond donors (Lipinski definition) is 0. The van der Waals surface area contributed by atoms with Crippen molar-refractivity contribution in [3.63, 3.8) is 0 Å². The van der Waals surface area contributed by atoms with Gasteiger partial charge in [-0.2, -0.15) is 0 Å². The van der Waals surface area contributed by atoms with Gasteiger partial charge in [-0.05, 0) is 0 Å². The van der Waals surface area contributed by atoms with Gasteiger partial charge in [-0.25, -0.2) is 0 Å². The molecule has 1 aliphatic heterocycles.